The highest BCUT2D eigenvalue weighted by Crippen LogP contribution is 2.25. The maximum absolute atomic E-state index is 12.7. The van der Waals surface area contributed by atoms with Gasteiger partial charge in [0.15, 0.2) is 0 Å². The minimum absolute atomic E-state index is 0.111. The molecular weight excluding hydrogens is 386 g/mol. The Labute approximate surface area is 182 Å². The Morgan fingerprint density at radius 1 is 0.871 bits per heavy atom. The number of rotatable bonds is 5. The average molecular weight is 414 g/mol. The van der Waals surface area contributed by atoms with Crippen LogP contribution < -0.4 is 10.7 Å². The second-order valence-electron chi connectivity index (χ2n) is 8.07. The molecule has 2 N–H and O–H groups in total. The molecule has 31 heavy (non-hydrogen) atoms. The monoisotopic (exact) mass is 413 g/mol. The third-order valence-electron chi connectivity index (χ3n) is 5.91. The van der Waals surface area contributed by atoms with Crippen LogP contribution in [0.2, 0.25) is 0 Å². The van der Waals surface area contributed by atoms with Crippen LogP contribution >= 0.6 is 0 Å². The highest BCUT2D eigenvalue weighted by atomic mass is 16.2. The number of carbonyl (C=O) groups is 2. The number of hydrogen-bond donors (Lipinski definition) is 2. The van der Waals surface area contributed by atoms with E-state index in [4.69, 9.17) is 0 Å². The second kappa shape index (κ2) is 9.56. The van der Waals surface area contributed by atoms with Crippen molar-refractivity contribution in [1.82, 2.24) is 5.43 Å². The third-order valence-corrected chi connectivity index (χ3v) is 5.91. The van der Waals surface area contributed by atoms with Gasteiger partial charge in [0.05, 0.1) is 5.71 Å². The zero-order valence-electron chi connectivity index (χ0n) is 17.7. The molecule has 3 aromatic carbocycles. The molecule has 1 fully saturated rings. The van der Waals surface area contributed by atoms with Gasteiger partial charge in [0.25, 0.3) is 5.91 Å². The molecule has 0 heterocycles. The fourth-order valence-corrected chi connectivity index (χ4v) is 4.09. The van der Waals surface area contributed by atoms with Crippen molar-refractivity contribution in [3.8, 4) is 0 Å². The first-order valence-corrected chi connectivity index (χ1v) is 10.9. The number of nitrogens with one attached hydrogen (secondary N) is 2. The van der Waals surface area contributed by atoms with Crippen LogP contribution in [-0.4, -0.2) is 17.5 Å². The first-order chi connectivity index (χ1) is 15.1. The molecular formula is C26H27N3O2. The number of fused-ring (bicyclic) bond motifs is 1. The van der Waals surface area contributed by atoms with Crippen molar-refractivity contribution in [1.29, 1.82) is 0 Å². The topological polar surface area (TPSA) is 70.6 Å². The molecule has 5 nitrogen and oxygen atoms in total. The summed E-state index contributed by atoms with van der Waals surface area (Å²) in [5.41, 5.74) is 5.61. The van der Waals surface area contributed by atoms with Gasteiger partial charge in [0.2, 0.25) is 5.91 Å². The van der Waals surface area contributed by atoms with Crippen LogP contribution in [-0.2, 0) is 4.79 Å². The molecule has 1 saturated carbocycles. The lowest BCUT2D eigenvalue weighted by Gasteiger charge is -2.20. The molecule has 1 aliphatic rings. The van der Waals surface area contributed by atoms with E-state index in [0.717, 1.165) is 47.7 Å². The van der Waals surface area contributed by atoms with Gasteiger partial charge in [-0.15, -0.1) is 0 Å². The van der Waals surface area contributed by atoms with Gasteiger partial charge in [-0.3, -0.25) is 9.59 Å². The standard InChI is InChI=1S/C26H27N3O2/c1-18(28-29-26(31)24-13-7-11-20-8-5-6-12-23(20)24)19-14-16-22(17-15-19)27-25(30)21-9-3-2-4-10-21/h5-8,11-17,21H,2-4,9-10H2,1H3,(H,27,30)(H,29,31)/b28-18+. The molecule has 0 aromatic heterocycles. The highest BCUT2D eigenvalue weighted by Gasteiger charge is 2.21. The number of anilines is 1. The van der Waals surface area contributed by atoms with Crippen molar-refractivity contribution in [2.75, 3.05) is 5.32 Å². The van der Waals surface area contributed by atoms with Crippen molar-refractivity contribution < 1.29 is 9.59 Å². The molecule has 4 rings (SSSR count). The fourth-order valence-electron chi connectivity index (χ4n) is 4.09. The Morgan fingerprint density at radius 2 is 1.58 bits per heavy atom. The van der Waals surface area contributed by atoms with Gasteiger partial charge in [-0.2, -0.15) is 5.10 Å². The highest BCUT2D eigenvalue weighted by molar-refractivity contribution is 6.08. The Kier molecular flexibility index (Phi) is 6.41. The lowest BCUT2D eigenvalue weighted by molar-refractivity contribution is -0.120. The number of hydrazone groups is 1. The molecule has 158 valence electrons. The summed E-state index contributed by atoms with van der Waals surface area (Å²) in [5, 5.41) is 9.20. The lowest BCUT2D eigenvalue weighted by atomic mass is 9.88. The van der Waals surface area contributed by atoms with Gasteiger partial charge < -0.3 is 5.32 Å². The van der Waals surface area contributed by atoms with Crippen LogP contribution in [0, 0.1) is 5.92 Å². The van der Waals surface area contributed by atoms with E-state index in [2.05, 4.69) is 15.8 Å². The number of carbonyl (C=O) groups excluding carboxylic acids is 2. The van der Waals surface area contributed by atoms with Gasteiger partial charge in [-0.1, -0.05) is 67.8 Å². The number of nitrogens with zero attached hydrogens (tertiary/aromatic N) is 1. The summed E-state index contributed by atoms with van der Waals surface area (Å²) in [6.45, 7) is 1.85. The molecule has 0 spiro atoms. The maximum Gasteiger partial charge on any atom is 0.272 e. The summed E-state index contributed by atoms with van der Waals surface area (Å²) in [4.78, 5) is 25.1. The first-order valence-electron chi connectivity index (χ1n) is 10.9. The molecule has 3 aromatic rings. The zero-order chi connectivity index (χ0) is 21.6. The summed E-state index contributed by atoms with van der Waals surface area (Å²) in [6.07, 6.45) is 5.46. The normalized spacial score (nSPS) is 14.9. The number of amides is 2. The van der Waals surface area contributed by atoms with E-state index in [1.807, 2.05) is 67.6 Å². The van der Waals surface area contributed by atoms with E-state index in [-0.39, 0.29) is 17.7 Å². The molecule has 5 heteroatoms. The van der Waals surface area contributed by atoms with E-state index in [1.54, 1.807) is 6.07 Å². The molecule has 0 radical (unpaired) electrons. The van der Waals surface area contributed by atoms with Crippen LogP contribution in [0.4, 0.5) is 5.69 Å². The maximum atomic E-state index is 12.7. The van der Waals surface area contributed by atoms with Crippen molar-refractivity contribution in [3.63, 3.8) is 0 Å². The second-order valence-corrected chi connectivity index (χ2v) is 8.07. The van der Waals surface area contributed by atoms with E-state index < -0.39 is 0 Å². The Morgan fingerprint density at radius 3 is 2.35 bits per heavy atom. The third kappa shape index (κ3) is 5.00. The van der Waals surface area contributed by atoms with Crippen LogP contribution in [0.15, 0.2) is 71.8 Å². The Bertz CT molecular complexity index is 1110. The Balaban J connectivity index is 1.40. The van der Waals surface area contributed by atoms with Crippen molar-refractivity contribution in [2.45, 2.75) is 39.0 Å². The largest absolute Gasteiger partial charge is 0.326 e. The minimum Gasteiger partial charge on any atom is -0.326 e. The van der Waals surface area contributed by atoms with E-state index >= 15 is 0 Å². The van der Waals surface area contributed by atoms with Crippen LogP contribution in [0.25, 0.3) is 10.8 Å². The molecule has 0 saturated heterocycles. The molecule has 2 amide bonds. The molecule has 0 aliphatic heterocycles. The predicted molar refractivity (Wildman–Crippen MR) is 125 cm³/mol. The fraction of sp³-hybridized carbons (Fsp3) is 0.269. The van der Waals surface area contributed by atoms with E-state index in [0.29, 0.717) is 11.3 Å². The van der Waals surface area contributed by atoms with Crippen molar-refractivity contribution in [2.24, 2.45) is 11.0 Å². The van der Waals surface area contributed by atoms with Crippen molar-refractivity contribution in [3.05, 3.63) is 77.9 Å². The summed E-state index contributed by atoms with van der Waals surface area (Å²) in [6, 6.07) is 21.0. The minimum atomic E-state index is -0.243. The lowest BCUT2D eigenvalue weighted by Crippen LogP contribution is -2.24. The van der Waals surface area contributed by atoms with Crippen LogP contribution in [0.3, 0.4) is 0 Å². The van der Waals surface area contributed by atoms with Crippen LogP contribution in [0.1, 0.15) is 54.9 Å². The zero-order valence-corrected chi connectivity index (χ0v) is 17.7. The Hall–Kier alpha value is -3.47. The van der Waals surface area contributed by atoms with Gasteiger partial charge in [0, 0.05) is 17.2 Å². The summed E-state index contributed by atoms with van der Waals surface area (Å²) in [7, 11) is 0. The average Bonchev–Trinajstić information content (AvgIpc) is 2.83. The SMILES string of the molecule is C/C(=N\NC(=O)c1cccc2ccccc12)c1ccc(NC(=O)C2CCCCC2)cc1. The molecule has 1 aliphatic carbocycles. The van der Waals surface area contributed by atoms with Gasteiger partial charge in [0.1, 0.15) is 0 Å². The molecule has 0 bridgehead atoms. The smallest absolute Gasteiger partial charge is 0.272 e. The summed E-state index contributed by atoms with van der Waals surface area (Å²) >= 11 is 0. The van der Waals surface area contributed by atoms with Gasteiger partial charge in [-0.25, -0.2) is 5.43 Å². The summed E-state index contributed by atoms with van der Waals surface area (Å²) < 4.78 is 0. The number of hydrogen-bond acceptors (Lipinski definition) is 3. The number of benzene rings is 3. The summed E-state index contributed by atoms with van der Waals surface area (Å²) in [5.74, 6) is -0.00582. The van der Waals surface area contributed by atoms with E-state index in [9.17, 15) is 9.59 Å². The predicted octanol–water partition coefficient (Wildman–Crippen LogP) is 5.51. The first kappa shape index (κ1) is 20.8. The van der Waals surface area contributed by atoms with Gasteiger partial charge >= 0.3 is 0 Å². The van der Waals surface area contributed by atoms with Gasteiger partial charge in [-0.05, 0) is 54.3 Å². The van der Waals surface area contributed by atoms with E-state index in [1.165, 1.54) is 6.42 Å². The molecule has 0 unspecified atom stereocenters. The van der Waals surface area contributed by atoms with Crippen molar-refractivity contribution >= 4 is 34.0 Å². The molecule has 0 atom stereocenters. The quantitative estimate of drug-likeness (QED) is 0.427. The van der Waals surface area contributed by atoms with Crippen LogP contribution in [0.5, 0.6) is 0 Å².